The maximum absolute atomic E-state index is 6.04. The van der Waals surface area contributed by atoms with Gasteiger partial charge in [0, 0.05) is 15.5 Å². The van der Waals surface area contributed by atoms with Gasteiger partial charge in [-0.15, -0.1) is 0 Å². The van der Waals surface area contributed by atoms with E-state index in [4.69, 9.17) is 23.1 Å². The SMILES string of the molecule is NCCC[C@@H](N)c1cc(Br)ccc1Cl. The molecule has 78 valence electrons. The minimum Gasteiger partial charge on any atom is -0.330 e. The summed E-state index contributed by atoms with van der Waals surface area (Å²) in [5.41, 5.74) is 12.4. The molecule has 0 aromatic heterocycles. The molecule has 0 fully saturated rings. The number of halogens is 2. The lowest BCUT2D eigenvalue weighted by atomic mass is 10.0. The van der Waals surface area contributed by atoms with E-state index >= 15 is 0 Å². The summed E-state index contributed by atoms with van der Waals surface area (Å²) >= 11 is 9.43. The van der Waals surface area contributed by atoms with E-state index in [0.29, 0.717) is 6.54 Å². The lowest BCUT2D eigenvalue weighted by molar-refractivity contribution is 0.618. The Morgan fingerprint density at radius 2 is 2.14 bits per heavy atom. The molecule has 0 saturated heterocycles. The van der Waals surface area contributed by atoms with Crippen molar-refractivity contribution in [3.8, 4) is 0 Å². The zero-order chi connectivity index (χ0) is 10.6. The normalized spacial score (nSPS) is 12.9. The molecule has 2 nitrogen and oxygen atoms in total. The summed E-state index contributed by atoms with van der Waals surface area (Å²) in [6.07, 6.45) is 1.79. The fraction of sp³-hybridized carbons (Fsp3) is 0.400. The van der Waals surface area contributed by atoms with Crippen LogP contribution < -0.4 is 11.5 Å². The first kappa shape index (κ1) is 12.0. The minimum atomic E-state index is -0.0245. The molecule has 0 bridgehead atoms. The molecule has 0 amide bonds. The van der Waals surface area contributed by atoms with E-state index in [0.717, 1.165) is 27.9 Å². The highest BCUT2D eigenvalue weighted by atomic mass is 79.9. The first-order valence-electron chi connectivity index (χ1n) is 4.55. The van der Waals surface area contributed by atoms with E-state index in [2.05, 4.69) is 15.9 Å². The van der Waals surface area contributed by atoms with Crippen LogP contribution in [0.4, 0.5) is 0 Å². The second kappa shape index (κ2) is 5.71. The first-order chi connectivity index (χ1) is 6.65. The Morgan fingerprint density at radius 3 is 2.79 bits per heavy atom. The van der Waals surface area contributed by atoms with Gasteiger partial charge in [-0.2, -0.15) is 0 Å². The smallest absolute Gasteiger partial charge is 0.0454 e. The van der Waals surface area contributed by atoms with Crippen molar-refractivity contribution in [2.75, 3.05) is 6.54 Å². The van der Waals surface area contributed by atoms with Crippen molar-refractivity contribution in [3.63, 3.8) is 0 Å². The zero-order valence-electron chi connectivity index (χ0n) is 7.84. The highest BCUT2D eigenvalue weighted by molar-refractivity contribution is 9.10. The molecule has 0 saturated carbocycles. The summed E-state index contributed by atoms with van der Waals surface area (Å²) in [5, 5.41) is 0.720. The van der Waals surface area contributed by atoms with Crippen LogP contribution in [0.5, 0.6) is 0 Å². The van der Waals surface area contributed by atoms with Crippen molar-refractivity contribution in [3.05, 3.63) is 33.3 Å². The van der Waals surface area contributed by atoms with Crippen LogP contribution in [0.2, 0.25) is 5.02 Å². The Morgan fingerprint density at radius 1 is 1.43 bits per heavy atom. The summed E-state index contributed by atoms with van der Waals surface area (Å²) in [6.45, 7) is 0.666. The Bertz CT molecular complexity index is 304. The van der Waals surface area contributed by atoms with Crippen LogP contribution in [0.15, 0.2) is 22.7 Å². The van der Waals surface area contributed by atoms with Crippen LogP contribution >= 0.6 is 27.5 Å². The Balaban J connectivity index is 2.77. The third-order valence-electron chi connectivity index (χ3n) is 2.08. The molecule has 0 aliphatic rings. The van der Waals surface area contributed by atoms with Gasteiger partial charge in [-0.05, 0) is 43.1 Å². The molecule has 1 aromatic carbocycles. The van der Waals surface area contributed by atoms with Crippen molar-refractivity contribution in [2.45, 2.75) is 18.9 Å². The number of rotatable bonds is 4. The van der Waals surface area contributed by atoms with E-state index in [1.54, 1.807) is 0 Å². The van der Waals surface area contributed by atoms with Crippen LogP contribution in [0.1, 0.15) is 24.4 Å². The van der Waals surface area contributed by atoms with Gasteiger partial charge in [-0.1, -0.05) is 27.5 Å². The Hall–Kier alpha value is -0.0900. The average Bonchev–Trinajstić information content (AvgIpc) is 2.18. The predicted molar refractivity (Wildman–Crippen MR) is 64.4 cm³/mol. The molecule has 0 spiro atoms. The van der Waals surface area contributed by atoms with E-state index < -0.39 is 0 Å². The lowest BCUT2D eigenvalue weighted by Crippen LogP contribution is -2.13. The van der Waals surface area contributed by atoms with Crippen LogP contribution in [-0.2, 0) is 0 Å². The maximum atomic E-state index is 6.04. The Labute approximate surface area is 97.7 Å². The number of nitrogens with two attached hydrogens (primary N) is 2. The van der Waals surface area contributed by atoms with Gasteiger partial charge in [0.1, 0.15) is 0 Å². The molecule has 4 heteroatoms. The number of hydrogen-bond donors (Lipinski definition) is 2. The molecule has 14 heavy (non-hydrogen) atoms. The fourth-order valence-electron chi connectivity index (χ4n) is 1.29. The van der Waals surface area contributed by atoms with Crippen LogP contribution in [0.25, 0.3) is 0 Å². The molecular weight excluding hydrogens is 263 g/mol. The van der Waals surface area contributed by atoms with Gasteiger partial charge in [-0.25, -0.2) is 0 Å². The molecule has 0 aliphatic heterocycles. The molecule has 0 unspecified atom stereocenters. The summed E-state index contributed by atoms with van der Waals surface area (Å²) < 4.78 is 1.00. The quantitative estimate of drug-likeness (QED) is 0.889. The highest BCUT2D eigenvalue weighted by Crippen LogP contribution is 2.27. The zero-order valence-corrected chi connectivity index (χ0v) is 10.2. The van der Waals surface area contributed by atoms with Crippen molar-refractivity contribution in [1.82, 2.24) is 0 Å². The third-order valence-corrected chi connectivity index (χ3v) is 2.91. The molecule has 0 aliphatic carbocycles. The van der Waals surface area contributed by atoms with Gasteiger partial charge in [0.05, 0.1) is 0 Å². The topological polar surface area (TPSA) is 52.0 Å². The largest absolute Gasteiger partial charge is 0.330 e. The number of benzene rings is 1. The molecule has 0 heterocycles. The van der Waals surface area contributed by atoms with E-state index in [9.17, 15) is 0 Å². The highest BCUT2D eigenvalue weighted by Gasteiger charge is 2.09. The average molecular weight is 278 g/mol. The molecule has 1 atom stereocenters. The van der Waals surface area contributed by atoms with E-state index in [1.807, 2.05) is 18.2 Å². The van der Waals surface area contributed by atoms with Gasteiger partial charge in [0.2, 0.25) is 0 Å². The minimum absolute atomic E-state index is 0.0245. The van der Waals surface area contributed by atoms with E-state index in [-0.39, 0.29) is 6.04 Å². The fourth-order valence-corrected chi connectivity index (χ4v) is 1.93. The van der Waals surface area contributed by atoms with E-state index in [1.165, 1.54) is 0 Å². The van der Waals surface area contributed by atoms with Crippen molar-refractivity contribution >= 4 is 27.5 Å². The van der Waals surface area contributed by atoms with Gasteiger partial charge >= 0.3 is 0 Å². The summed E-state index contributed by atoms with van der Waals surface area (Å²) in [6, 6.07) is 5.69. The maximum Gasteiger partial charge on any atom is 0.0454 e. The molecule has 1 aromatic rings. The van der Waals surface area contributed by atoms with Crippen LogP contribution in [-0.4, -0.2) is 6.54 Å². The monoisotopic (exact) mass is 276 g/mol. The summed E-state index contributed by atoms with van der Waals surface area (Å²) in [7, 11) is 0. The van der Waals surface area contributed by atoms with Gasteiger partial charge in [-0.3, -0.25) is 0 Å². The lowest BCUT2D eigenvalue weighted by Gasteiger charge is -2.13. The molecular formula is C10H14BrClN2. The summed E-state index contributed by atoms with van der Waals surface area (Å²) in [4.78, 5) is 0. The number of hydrogen-bond acceptors (Lipinski definition) is 2. The first-order valence-corrected chi connectivity index (χ1v) is 5.73. The van der Waals surface area contributed by atoms with Gasteiger partial charge < -0.3 is 11.5 Å². The predicted octanol–water partition coefficient (Wildman–Crippen LogP) is 2.84. The molecule has 0 radical (unpaired) electrons. The second-order valence-corrected chi connectivity index (χ2v) is 4.53. The van der Waals surface area contributed by atoms with Crippen molar-refractivity contribution in [2.24, 2.45) is 11.5 Å². The van der Waals surface area contributed by atoms with Crippen molar-refractivity contribution < 1.29 is 0 Å². The molecule has 4 N–H and O–H groups in total. The van der Waals surface area contributed by atoms with Crippen LogP contribution in [0, 0.1) is 0 Å². The molecule has 1 rings (SSSR count). The standard InChI is InChI=1S/C10H14BrClN2/c11-7-3-4-9(12)8(6-7)10(14)2-1-5-13/h3-4,6,10H,1-2,5,13-14H2/t10-/m1/s1. The van der Waals surface area contributed by atoms with Crippen molar-refractivity contribution in [1.29, 1.82) is 0 Å². The summed E-state index contributed by atoms with van der Waals surface area (Å²) in [5.74, 6) is 0. The Kier molecular flexibility index (Phi) is 4.89. The van der Waals surface area contributed by atoms with Gasteiger partial charge in [0.25, 0.3) is 0 Å². The van der Waals surface area contributed by atoms with Gasteiger partial charge in [0.15, 0.2) is 0 Å². The third kappa shape index (κ3) is 3.24. The van der Waals surface area contributed by atoms with Crippen LogP contribution in [0.3, 0.4) is 0 Å². The second-order valence-electron chi connectivity index (χ2n) is 3.20.